The highest BCUT2D eigenvalue weighted by atomic mass is 32.2. The number of sulfonamides is 1. The molecule has 2 heterocycles. The van der Waals surface area contributed by atoms with Crippen molar-refractivity contribution in [3.05, 3.63) is 0 Å². The van der Waals surface area contributed by atoms with E-state index >= 15 is 0 Å². The van der Waals surface area contributed by atoms with Crippen molar-refractivity contribution < 1.29 is 13.2 Å². The Labute approximate surface area is 147 Å². The number of nitrogens with zero attached hydrogens (tertiary/aromatic N) is 2. The lowest BCUT2D eigenvalue weighted by Gasteiger charge is -2.35. The summed E-state index contributed by atoms with van der Waals surface area (Å²) in [6.45, 7) is 9.48. The van der Waals surface area contributed by atoms with Gasteiger partial charge in [-0.05, 0) is 44.1 Å². The standard InChI is InChI=1S/C17H33N3O3S/c1-14-10-15(2)12-19(11-14)8-5-7-18-17(21)16-6-4-9-20(13-16)24(3,22)23/h14-16H,4-13H2,1-3H3,(H,18,21). The molecular weight excluding hydrogens is 326 g/mol. The van der Waals surface area contributed by atoms with Gasteiger partial charge in [-0.1, -0.05) is 13.8 Å². The molecule has 2 aliphatic heterocycles. The van der Waals surface area contributed by atoms with E-state index in [1.54, 1.807) is 0 Å². The van der Waals surface area contributed by atoms with E-state index in [1.807, 2.05) is 0 Å². The van der Waals surface area contributed by atoms with Gasteiger partial charge in [0.2, 0.25) is 15.9 Å². The lowest BCUT2D eigenvalue weighted by atomic mass is 9.92. The lowest BCUT2D eigenvalue weighted by molar-refractivity contribution is -0.126. The summed E-state index contributed by atoms with van der Waals surface area (Å²) in [5.74, 6) is 1.31. The number of hydrogen-bond donors (Lipinski definition) is 1. The number of carbonyl (C=O) groups is 1. The van der Waals surface area contributed by atoms with E-state index in [0.29, 0.717) is 19.6 Å². The van der Waals surface area contributed by atoms with Crippen LogP contribution in [0.25, 0.3) is 0 Å². The Morgan fingerprint density at radius 2 is 1.83 bits per heavy atom. The van der Waals surface area contributed by atoms with Crippen molar-refractivity contribution in [2.45, 2.75) is 39.5 Å². The topological polar surface area (TPSA) is 69.7 Å². The van der Waals surface area contributed by atoms with Gasteiger partial charge in [0.1, 0.15) is 0 Å². The second-order valence-corrected chi connectivity index (χ2v) is 9.79. The quantitative estimate of drug-likeness (QED) is 0.722. The smallest absolute Gasteiger partial charge is 0.224 e. The molecule has 140 valence electrons. The van der Waals surface area contributed by atoms with Crippen molar-refractivity contribution >= 4 is 15.9 Å². The maximum absolute atomic E-state index is 12.3. The number of nitrogens with one attached hydrogen (secondary N) is 1. The minimum Gasteiger partial charge on any atom is -0.356 e. The molecule has 0 saturated carbocycles. The molecule has 1 N–H and O–H groups in total. The zero-order chi connectivity index (χ0) is 17.7. The fourth-order valence-corrected chi connectivity index (χ4v) is 5.00. The third-order valence-electron chi connectivity index (χ3n) is 5.12. The molecule has 1 amide bonds. The minimum absolute atomic E-state index is 0.00345. The molecule has 0 aromatic rings. The van der Waals surface area contributed by atoms with E-state index in [2.05, 4.69) is 24.1 Å². The summed E-state index contributed by atoms with van der Waals surface area (Å²) in [5, 5.41) is 3.00. The second kappa shape index (κ2) is 8.63. The van der Waals surface area contributed by atoms with E-state index in [9.17, 15) is 13.2 Å². The van der Waals surface area contributed by atoms with Crippen LogP contribution in [0.1, 0.15) is 39.5 Å². The minimum atomic E-state index is -3.20. The van der Waals surface area contributed by atoms with Gasteiger partial charge in [-0.15, -0.1) is 0 Å². The van der Waals surface area contributed by atoms with Crippen molar-refractivity contribution in [3.63, 3.8) is 0 Å². The molecule has 3 unspecified atom stereocenters. The van der Waals surface area contributed by atoms with Crippen LogP contribution in [0.3, 0.4) is 0 Å². The van der Waals surface area contributed by atoms with Crippen LogP contribution in [0, 0.1) is 17.8 Å². The van der Waals surface area contributed by atoms with Gasteiger partial charge in [0.05, 0.1) is 12.2 Å². The first-order chi connectivity index (χ1) is 11.3. The molecule has 2 aliphatic rings. The monoisotopic (exact) mass is 359 g/mol. The Bertz CT molecular complexity index is 513. The van der Waals surface area contributed by atoms with E-state index in [0.717, 1.165) is 50.7 Å². The maximum Gasteiger partial charge on any atom is 0.224 e. The maximum atomic E-state index is 12.3. The van der Waals surface area contributed by atoms with Crippen LogP contribution in [0.4, 0.5) is 0 Å². The third kappa shape index (κ3) is 6.01. The summed E-state index contributed by atoms with van der Waals surface area (Å²) in [6.07, 6.45) is 5.01. The first kappa shape index (κ1) is 19.7. The summed E-state index contributed by atoms with van der Waals surface area (Å²) >= 11 is 0. The van der Waals surface area contributed by atoms with Gasteiger partial charge < -0.3 is 10.2 Å². The van der Waals surface area contributed by atoms with Gasteiger partial charge in [0, 0.05) is 32.7 Å². The molecule has 0 aliphatic carbocycles. The van der Waals surface area contributed by atoms with Crippen LogP contribution >= 0.6 is 0 Å². The molecule has 0 aromatic heterocycles. The van der Waals surface area contributed by atoms with Crippen LogP contribution in [0.2, 0.25) is 0 Å². The molecule has 0 bridgehead atoms. The lowest BCUT2D eigenvalue weighted by Crippen LogP contribution is -2.45. The van der Waals surface area contributed by atoms with Gasteiger partial charge in [0.25, 0.3) is 0 Å². The Morgan fingerprint density at radius 1 is 1.17 bits per heavy atom. The normalized spacial score (nSPS) is 30.2. The third-order valence-corrected chi connectivity index (χ3v) is 6.39. The van der Waals surface area contributed by atoms with Crippen LogP contribution < -0.4 is 5.32 Å². The highest BCUT2D eigenvalue weighted by Crippen LogP contribution is 2.21. The predicted molar refractivity (Wildman–Crippen MR) is 96.2 cm³/mol. The molecule has 6 nitrogen and oxygen atoms in total. The molecular formula is C17H33N3O3S. The predicted octanol–water partition coefficient (Wildman–Crippen LogP) is 1.14. The van der Waals surface area contributed by atoms with Crippen molar-refractivity contribution in [2.75, 3.05) is 45.5 Å². The zero-order valence-corrected chi connectivity index (χ0v) is 16.1. The Kier molecular flexibility index (Phi) is 7.07. The van der Waals surface area contributed by atoms with Crippen LogP contribution in [0.15, 0.2) is 0 Å². The first-order valence-corrected chi connectivity index (χ1v) is 11.1. The SMILES string of the molecule is CC1CC(C)CN(CCCNC(=O)C2CCCN(S(C)(=O)=O)C2)C1. The molecule has 24 heavy (non-hydrogen) atoms. The molecule has 2 fully saturated rings. The molecule has 2 rings (SSSR count). The summed E-state index contributed by atoms with van der Waals surface area (Å²) in [5.41, 5.74) is 0. The van der Waals surface area contributed by atoms with E-state index < -0.39 is 10.0 Å². The Balaban J connectivity index is 1.68. The largest absolute Gasteiger partial charge is 0.356 e. The van der Waals surface area contributed by atoms with Crippen molar-refractivity contribution in [1.29, 1.82) is 0 Å². The first-order valence-electron chi connectivity index (χ1n) is 9.21. The molecule has 0 spiro atoms. The van der Waals surface area contributed by atoms with Gasteiger partial charge in [-0.3, -0.25) is 4.79 Å². The van der Waals surface area contributed by atoms with Crippen molar-refractivity contribution in [2.24, 2.45) is 17.8 Å². The summed E-state index contributed by atoms with van der Waals surface area (Å²) in [4.78, 5) is 14.8. The summed E-state index contributed by atoms with van der Waals surface area (Å²) < 4.78 is 24.7. The van der Waals surface area contributed by atoms with Gasteiger partial charge in [-0.2, -0.15) is 0 Å². The van der Waals surface area contributed by atoms with Crippen molar-refractivity contribution in [3.8, 4) is 0 Å². The number of hydrogen-bond acceptors (Lipinski definition) is 4. The Morgan fingerprint density at radius 3 is 2.46 bits per heavy atom. The molecule has 0 aromatic carbocycles. The molecule has 7 heteroatoms. The van der Waals surface area contributed by atoms with Gasteiger partial charge in [-0.25, -0.2) is 12.7 Å². The fourth-order valence-electron chi connectivity index (χ4n) is 4.09. The number of amides is 1. The number of piperidine rings is 2. The highest BCUT2D eigenvalue weighted by Gasteiger charge is 2.30. The number of carbonyl (C=O) groups excluding carboxylic acids is 1. The second-order valence-electron chi connectivity index (χ2n) is 7.81. The highest BCUT2D eigenvalue weighted by molar-refractivity contribution is 7.88. The van der Waals surface area contributed by atoms with Gasteiger partial charge in [0.15, 0.2) is 0 Å². The van der Waals surface area contributed by atoms with Gasteiger partial charge >= 0.3 is 0 Å². The summed E-state index contributed by atoms with van der Waals surface area (Å²) in [7, 11) is -3.20. The molecule has 3 atom stereocenters. The average molecular weight is 360 g/mol. The Hall–Kier alpha value is -0.660. The van der Waals surface area contributed by atoms with E-state index in [-0.39, 0.29) is 11.8 Å². The van der Waals surface area contributed by atoms with E-state index in [1.165, 1.54) is 17.0 Å². The van der Waals surface area contributed by atoms with E-state index in [4.69, 9.17) is 0 Å². The summed E-state index contributed by atoms with van der Waals surface area (Å²) in [6, 6.07) is 0. The average Bonchev–Trinajstić information content (AvgIpc) is 2.50. The zero-order valence-electron chi connectivity index (χ0n) is 15.3. The van der Waals surface area contributed by atoms with Crippen molar-refractivity contribution in [1.82, 2.24) is 14.5 Å². The van der Waals surface area contributed by atoms with Crippen LogP contribution in [-0.2, 0) is 14.8 Å². The molecule has 0 radical (unpaired) electrons. The number of likely N-dealkylation sites (tertiary alicyclic amines) is 1. The van der Waals surface area contributed by atoms with Crippen LogP contribution in [0.5, 0.6) is 0 Å². The number of rotatable bonds is 6. The molecule has 2 saturated heterocycles. The van der Waals surface area contributed by atoms with Crippen LogP contribution in [-0.4, -0.2) is 69.1 Å². The fraction of sp³-hybridized carbons (Fsp3) is 0.941.